The van der Waals surface area contributed by atoms with Gasteiger partial charge in [0.1, 0.15) is 5.69 Å². The average molecular weight is 386 g/mol. The average Bonchev–Trinajstić information content (AvgIpc) is 2.75. The molecule has 0 aliphatic carbocycles. The van der Waals surface area contributed by atoms with Gasteiger partial charge in [-0.2, -0.15) is 0 Å². The Morgan fingerprint density at radius 3 is 2.14 bits per heavy atom. The van der Waals surface area contributed by atoms with Crippen LogP contribution in [-0.4, -0.2) is 37.1 Å². The van der Waals surface area contributed by atoms with Gasteiger partial charge in [0.05, 0.1) is 0 Å². The van der Waals surface area contributed by atoms with Crippen molar-refractivity contribution in [2.45, 2.75) is 13.8 Å². The van der Waals surface area contributed by atoms with E-state index in [2.05, 4.69) is 51.3 Å². The summed E-state index contributed by atoms with van der Waals surface area (Å²) in [7, 11) is 0. The predicted octanol–water partition coefficient (Wildman–Crippen LogP) is 4.28. The molecule has 5 heteroatoms. The molecule has 5 nitrogen and oxygen atoms in total. The number of carbonyl (C=O) groups excluding carboxylic acids is 1. The minimum atomic E-state index is -0.186. The summed E-state index contributed by atoms with van der Waals surface area (Å²) in [5.74, 6) is -0.186. The molecule has 0 radical (unpaired) electrons. The predicted molar refractivity (Wildman–Crippen MR) is 119 cm³/mol. The molecule has 0 unspecified atom stereocenters. The van der Waals surface area contributed by atoms with Crippen molar-refractivity contribution in [2.75, 3.05) is 41.3 Å². The molecule has 1 aliphatic rings. The molecule has 0 bridgehead atoms. The number of pyridine rings is 1. The van der Waals surface area contributed by atoms with Crippen molar-refractivity contribution >= 4 is 23.0 Å². The van der Waals surface area contributed by atoms with Gasteiger partial charge in [0, 0.05) is 49.4 Å². The normalized spacial score (nSPS) is 14.0. The van der Waals surface area contributed by atoms with Crippen LogP contribution in [0.3, 0.4) is 0 Å². The number of hydrogen-bond acceptors (Lipinski definition) is 4. The van der Waals surface area contributed by atoms with Crippen LogP contribution in [0.1, 0.15) is 21.6 Å². The molecular weight excluding hydrogens is 360 g/mol. The zero-order valence-electron chi connectivity index (χ0n) is 16.9. The van der Waals surface area contributed by atoms with Gasteiger partial charge >= 0.3 is 0 Å². The van der Waals surface area contributed by atoms with Crippen LogP contribution in [0.25, 0.3) is 0 Å². The Bertz CT molecular complexity index is 992. The molecule has 3 aromatic rings. The quantitative estimate of drug-likeness (QED) is 0.727. The first-order valence-electron chi connectivity index (χ1n) is 9.99. The number of carbonyl (C=O) groups is 1. The van der Waals surface area contributed by atoms with Crippen molar-refractivity contribution in [3.05, 3.63) is 83.7 Å². The molecule has 0 atom stereocenters. The van der Waals surface area contributed by atoms with E-state index in [0.717, 1.165) is 43.1 Å². The van der Waals surface area contributed by atoms with Crippen LogP contribution in [0.4, 0.5) is 17.1 Å². The van der Waals surface area contributed by atoms with Gasteiger partial charge in [-0.3, -0.25) is 9.78 Å². The first kappa shape index (κ1) is 19.0. The van der Waals surface area contributed by atoms with Gasteiger partial charge in [-0.15, -0.1) is 0 Å². The lowest BCUT2D eigenvalue weighted by atomic mass is 10.2. The third kappa shape index (κ3) is 4.57. The molecule has 29 heavy (non-hydrogen) atoms. The number of nitrogens with one attached hydrogen (secondary N) is 1. The second-order valence-corrected chi connectivity index (χ2v) is 7.53. The maximum absolute atomic E-state index is 12.6. The lowest BCUT2D eigenvalue weighted by molar-refractivity contribution is 0.102. The number of rotatable bonds is 4. The summed E-state index contributed by atoms with van der Waals surface area (Å²) in [6, 6.07) is 20.3. The highest BCUT2D eigenvalue weighted by molar-refractivity contribution is 6.03. The van der Waals surface area contributed by atoms with Crippen molar-refractivity contribution in [3.63, 3.8) is 0 Å². The molecule has 2 aromatic carbocycles. The van der Waals surface area contributed by atoms with E-state index >= 15 is 0 Å². The van der Waals surface area contributed by atoms with Crippen molar-refractivity contribution < 1.29 is 4.79 Å². The molecule has 1 aromatic heterocycles. The van der Waals surface area contributed by atoms with Gasteiger partial charge < -0.3 is 15.1 Å². The van der Waals surface area contributed by atoms with Gasteiger partial charge in [0.25, 0.3) is 5.91 Å². The molecule has 0 saturated carbocycles. The number of aromatic nitrogens is 1. The summed E-state index contributed by atoms with van der Waals surface area (Å²) in [6.07, 6.45) is 1.71. The second kappa shape index (κ2) is 8.35. The van der Waals surface area contributed by atoms with E-state index in [0.29, 0.717) is 5.69 Å². The van der Waals surface area contributed by atoms with Gasteiger partial charge in [-0.1, -0.05) is 29.8 Å². The number of nitrogens with zero attached hydrogens (tertiary/aromatic N) is 3. The summed E-state index contributed by atoms with van der Waals surface area (Å²) < 4.78 is 0. The smallest absolute Gasteiger partial charge is 0.274 e. The largest absolute Gasteiger partial charge is 0.368 e. The fourth-order valence-corrected chi connectivity index (χ4v) is 3.62. The van der Waals surface area contributed by atoms with Crippen LogP contribution in [0, 0.1) is 13.8 Å². The molecule has 0 spiro atoms. The molecular formula is C24H26N4O. The molecule has 1 saturated heterocycles. The van der Waals surface area contributed by atoms with Crippen molar-refractivity contribution in [2.24, 2.45) is 0 Å². The third-order valence-electron chi connectivity index (χ3n) is 5.30. The zero-order chi connectivity index (χ0) is 20.2. The molecule has 4 rings (SSSR count). The van der Waals surface area contributed by atoms with Crippen molar-refractivity contribution in [1.82, 2.24) is 4.98 Å². The lowest BCUT2D eigenvalue weighted by Gasteiger charge is -2.37. The highest BCUT2D eigenvalue weighted by Gasteiger charge is 2.19. The highest BCUT2D eigenvalue weighted by Crippen LogP contribution is 2.22. The SMILES string of the molecule is Cc1ccc(NC(=O)c2cc(N3CCN(c4cccc(C)c4)CC3)ccn2)cc1. The van der Waals surface area contributed by atoms with E-state index in [4.69, 9.17) is 0 Å². The van der Waals surface area contributed by atoms with Crippen LogP contribution < -0.4 is 15.1 Å². The van der Waals surface area contributed by atoms with Crippen molar-refractivity contribution in [3.8, 4) is 0 Å². The fraction of sp³-hybridized carbons (Fsp3) is 0.250. The second-order valence-electron chi connectivity index (χ2n) is 7.53. The number of hydrogen-bond donors (Lipinski definition) is 1. The van der Waals surface area contributed by atoms with E-state index in [1.807, 2.05) is 43.3 Å². The van der Waals surface area contributed by atoms with Crippen LogP contribution in [-0.2, 0) is 0 Å². The van der Waals surface area contributed by atoms with E-state index in [-0.39, 0.29) is 5.91 Å². The summed E-state index contributed by atoms with van der Waals surface area (Å²) in [5.41, 5.74) is 5.97. The first-order chi connectivity index (χ1) is 14.1. The van der Waals surface area contributed by atoms with E-state index in [1.165, 1.54) is 11.3 Å². The topological polar surface area (TPSA) is 48.5 Å². The highest BCUT2D eigenvalue weighted by atomic mass is 16.1. The standard InChI is InChI=1S/C24H26N4O/c1-18-6-8-20(9-7-18)26-24(29)23-17-22(10-11-25-23)28-14-12-27(13-15-28)21-5-3-4-19(2)16-21/h3-11,16-17H,12-15H2,1-2H3,(H,26,29). The number of amides is 1. The lowest BCUT2D eigenvalue weighted by Crippen LogP contribution is -2.46. The Balaban J connectivity index is 1.41. The summed E-state index contributed by atoms with van der Waals surface area (Å²) in [6.45, 7) is 7.89. The molecule has 1 N–H and O–H groups in total. The number of piperazine rings is 1. The summed E-state index contributed by atoms with van der Waals surface area (Å²) in [4.78, 5) is 21.6. The van der Waals surface area contributed by atoms with Gasteiger partial charge in [0.2, 0.25) is 0 Å². The maximum atomic E-state index is 12.6. The molecule has 148 valence electrons. The summed E-state index contributed by atoms with van der Waals surface area (Å²) >= 11 is 0. The Morgan fingerprint density at radius 2 is 1.48 bits per heavy atom. The molecule has 1 amide bonds. The van der Waals surface area contributed by atoms with Gasteiger partial charge in [-0.25, -0.2) is 0 Å². The molecule has 2 heterocycles. The van der Waals surface area contributed by atoms with Crippen LogP contribution >= 0.6 is 0 Å². The number of aryl methyl sites for hydroxylation is 2. The minimum Gasteiger partial charge on any atom is -0.368 e. The Kier molecular flexibility index (Phi) is 5.47. The molecule has 1 aliphatic heterocycles. The van der Waals surface area contributed by atoms with E-state index < -0.39 is 0 Å². The summed E-state index contributed by atoms with van der Waals surface area (Å²) in [5, 5.41) is 2.92. The number of anilines is 3. The van der Waals surface area contributed by atoms with Crippen LogP contribution in [0.2, 0.25) is 0 Å². The van der Waals surface area contributed by atoms with Gasteiger partial charge in [0.15, 0.2) is 0 Å². The molecule has 1 fully saturated rings. The van der Waals surface area contributed by atoms with Crippen LogP contribution in [0.15, 0.2) is 66.9 Å². The zero-order valence-corrected chi connectivity index (χ0v) is 16.9. The number of benzene rings is 2. The van der Waals surface area contributed by atoms with E-state index in [1.54, 1.807) is 6.20 Å². The third-order valence-corrected chi connectivity index (χ3v) is 5.30. The fourth-order valence-electron chi connectivity index (χ4n) is 3.62. The Hall–Kier alpha value is -3.34. The Labute approximate surface area is 172 Å². The Morgan fingerprint density at radius 1 is 0.828 bits per heavy atom. The monoisotopic (exact) mass is 386 g/mol. The van der Waals surface area contributed by atoms with Gasteiger partial charge in [-0.05, 0) is 55.8 Å². The van der Waals surface area contributed by atoms with E-state index in [9.17, 15) is 4.79 Å². The van der Waals surface area contributed by atoms with Crippen molar-refractivity contribution in [1.29, 1.82) is 0 Å². The minimum absolute atomic E-state index is 0.186. The maximum Gasteiger partial charge on any atom is 0.274 e. The first-order valence-corrected chi connectivity index (χ1v) is 9.99. The van der Waals surface area contributed by atoms with Crippen LogP contribution in [0.5, 0.6) is 0 Å².